The molecule has 1 atom stereocenters. The van der Waals surface area contributed by atoms with Crippen molar-refractivity contribution in [3.8, 4) is 6.07 Å². The molecule has 1 unspecified atom stereocenters. The first-order valence-corrected chi connectivity index (χ1v) is 5.87. The van der Waals surface area contributed by atoms with Gasteiger partial charge in [-0.05, 0) is 32.3 Å². The van der Waals surface area contributed by atoms with Crippen LogP contribution in [0.2, 0.25) is 0 Å². The number of aromatic nitrogens is 2. The van der Waals surface area contributed by atoms with Crippen LogP contribution in [-0.2, 0) is 0 Å². The normalized spacial score (nSPS) is 12.4. The van der Waals surface area contributed by atoms with Crippen molar-refractivity contribution < 1.29 is 0 Å². The molecule has 0 aromatic carbocycles. The minimum absolute atomic E-state index is 0.318. The SMILES string of the molecule is Cc1nnc(N(C)C(C)C(C)C)c(C#N)c1C. The van der Waals surface area contributed by atoms with E-state index < -0.39 is 0 Å². The summed E-state index contributed by atoms with van der Waals surface area (Å²) in [6.07, 6.45) is 0. The van der Waals surface area contributed by atoms with E-state index in [0.717, 1.165) is 11.3 Å². The molecule has 0 fully saturated rings. The summed E-state index contributed by atoms with van der Waals surface area (Å²) in [6, 6.07) is 2.55. The highest BCUT2D eigenvalue weighted by atomic mass is 15.3. The van der Waals surface area contributed by atoms with Gasteiger partial charge in [0.05, 0.1) is 5.69 Å². The molecule has 0 radical (unpaired) electrons. The first-order chi connectivity index (χ1) is 7.90. The Morgan fingerprint density at radius 3 is 2.24 bits per heavy atom. The molecule has 0 saturated carbocycles. The molecule has 0 bridgehead atoms. The van der Waals surface area contributed by atoms with Crippen molar-refractivity contribution in [2.75, 3.05) is 11.9 Å². The average molecular weight is 232 g/mol. The fraction of sp³-hybridized carbons (Fsp3) is 0.615. The van der Waals surface area contributed by atoms with Gasteiger partial charge in [0.2, 0.25) is 0 Å². The topological polar surface area (TPSA) is 52.8 Å². The summed E-state index contributed by atoms with van der Waals surface area (Å²) in [5.74, 6) is 1.17. The van der Waals surface area contributed by atoms with Crippen molar-refractivity contribution in [2.45, 2.75) is 40.7 Å². The van der Waals surface area contributed by atoms with E-state index in [2.05, 4.69) is 37.0 Å². The second-order valence-electron chi connectivity index (χ2n) is 4.82. The quantitative estimate of drug-likeness (QED) is 0.803. The first kappa shape index (κ1) is 13.4. The molecule has 0 aliphatic heterocycles. The second-order valence-corrected chi connectivity index (χ2v) is 4.82. The first-order valence-electron chi connectivity index (χ1n) is 5.87. The Hall–Kier alpha value is -1.63. The third-order valence-corrected chi connectivity index (χ3v) is 3.46. The lowest BCUT2D eigenvalue weighted by Crippen LogP contribution is -2.34. The van der Waals surface area contributed by atoms with Crippen LogP contribution in [0.5, 0.6) is 0 Å². The van der Waals surface area contributed by atoms with E-state index in [-0.39, 0.29) is 0 Å². The van der Waals surface area contributed by atoms with E-state index >= 15 is 0 Å². The van der Waals surface area contributed by atoms with Gasteiger partial charge in [-0.1, -0.05) is 13.8 Å². The number of hydrogen-bond donors (Lipinski definition) is 0. The largest absolute Gasteiger partial charge is 0.354 e. The van der Waals surface area contributed by atoms with Gasteiger partial charge in [-0.25, -0.2) is 0 Å². The predicted molar refractivity (Wildman–Crippen MR) is 68.9 cm³/mol. The van der Waals surface area contributed by atoms with E-state index in [1.165, 1.54) is 0 Å². The summed E-state index contributed by atoms with van der Waals surface area (Å²) in [7, 11) is 1.96. The van der Waals surface area contributed by atoms with Crippen molar-refractivity contribution in [2.24, 2.45) is 5.92 Å². The van der Waals surface area contributed by atoms with Gasteiger partial charge in [0.15, 0.2) is 5.82 Å². The average Bonchev–Trinajstić information content (AvgIpc) is 2.30. The van der Waals surface area contributed by atoms with Crippen LogP contribution >= 0.6 is 0 Å². The molecule has 1 aromatic rings. The highest BCUT2D eigenvalue weighted by molar-refractivity contribution is 5.57. The Kier molecular flexibility index (Phi) is 4.06. The van der Waals surface area contributed by atoms with Gasteiger partial charge in [-0.15, -0.1) is 5.10 Å². The standard InChI is InChI=1S/C13H20N4/c1-8(2)11(5)17(6)13-12(7-14)9(3)10(4)15-16-13/h8,11H,1-6H3. The molecule has 0 aliphatic carbocycles. The van der Waals surface area contributed by atoms with Crippen molar-refractivity contribution >= 4 is 5.82 Å². The molecule has 0 spiro atoms. The summed E-state index contributed by atoms with van der Waals surface area (Å²) < 4.78 is 0. The zero-order valence-electron chi connectivity index (χ0n) is 11.4. The number of nitrogens with zero attached hydrogens (tertiary/aromatic N) is 4. The van der Waals surface area contributed by atoms with Crippen LogP contribution in [0, 0.1) is 31.1 Å². The smallest absolute Gasteiger partial charge is 0.169 e. The van der Waals surface area contributed by atoms with Gasteiger partial charge in [0.1, 0.15) is 11.6 Å². The maximum Gasteiger partial charge on any atom is 0.169 e. The number of aryl methyl sites for hydroxylation is 1. The molecule has 0 amide bonds. The Balaban J connectivity index is 3.24. The molecule has 0 aliphatic rings. The van der Waals surface area contributed by atoms with Gasteiger partial charge < -0.3 is 4.90 Å². The Bertz CT molecular complexity index is 445. The maximum atomic E-state index is 9.25. The molecule has 4 nitrogen and oxygen atoms in total. The number of nitriles is 1. The predicted octanol–water partition coefficient (Wildman–Crippen LogP) is 2.45. The van der Waals surface area contributed by atoms with Crippen molar-refractivity contribution in [3.63, 3.8) is 0 Å². The molecular formula is C13H20N4. The van der Waals surface area contributed by atoms with Crippen LogP contribution in [0.3, 0.4) is 0 Å². The van der Waals surface area contributed by atoms with Crippen LogP contribution in [0.4, 0.5) is 5.82 Å². The van der Waals surface area contributed by atoms with Crippen LogP contribution in [-0.4, -0.2) is 23.3 Å². The summed E-state index contributed by atoms with van der Waals surface area (Å²) >= 11 is 0. The van der Waals surface area contributed by atoms with E-state index in [1.807, 2.05) is 25.8 Å². The molecule has 92 valence electrons. The number of anilines is 1. The molecule has 1 heterocycles. The van der Waals surface area contributed by atoms with Crippen LogP contribution < -0.4 is 4.90 Å². The van der Waals surface area contributed by atoms with Gasteiger partial charge in [0, 0.05) is 13.1 Å². The summed E-state index contributed by atoms with van der Waals surface area (Å²) in [5, 5.41) is 17.5. The van der Waals surface area contributed by atoms with Gasteiger partial charge in [0.25, 0.3) is 0 Å². The molecular weight excluding hydrogens is 212 g/mol. The zero-order chi connectivity index (χ0) is 13.2. The van der Waals surface area contributed by atoms with Crippen molar-refractivity contribution in [1.82, 2.24) is 10.2 Å². The lowest BCUT2D eigenvalue weighted by atomic mass is 10.0. The van der Waals surface area contributed by atoms with Crippen LogP contribution in [0.25, 0.3) is 0 Å². The molecule has 17 heavy (non-hydrogen) atoms. The molecule has 0 saturated heterocycles. The van der Waals surface area contributed by atoms with Gasteiger partial charge in [-0.2, -0.15) is 10.4 Å². The molecule has 1 aromatic heterocycles. The Morgan fingerprint density at radius 1 is 1.18 bits per heavy atom. The summed E-state index contributed by atoms with van der Waals surface area (Å²) in [4.78, 5) is 2.03. The molecule has 0 N–H and O–H groups in total. The minimum Gasteiger partial charge on any atom is -0.354 e. The summed E-state index contributed by atoms with van der Waals surface area (Å²) in [5.41, 5.74) is 2.36. The number of hydrogen-bond acceptors (Lipinski definition) is 4. The van der Waals surface area contributed by atoms with E-state index in [9.17, 15) is 5.26 Å². The third kappa shape index (κ3) is 2.55. The van der Waals surface area contributed by atoms with Crippen LogP contribution in [0.1, 0.15) is 37.6 Å². The van der Waals surface area contributed by atoms with Crippen LogP contribution in [0.15, 0.2) is 0 Å². The Labute approximate surface area is 103 Å². The van der Waals surface area contributed by atoms with E-state index in [0.29, 0.717) is 23.3 Å². The van der Waals surface area contributed by atoms with E-state index in [4.69, 9.17) is 0 Å². The third-order valence-electron chi connectivity index (χ3n) is 3.46. The molecule has 4 heteroatoms. The van der Waals surface area contributed by atoms with Crippen molar-refractivity contribution in [1.29, 1.82) is 5.26 Å². The Morgan fingerprint density at radius 2 is 1.76 bits per heavy atom. The van der Waals surface area contributed by atoms with Crippen molar-refractivity contribution in [3.05, 3.63) is 16.8 Å². The highest BCUT2D eigenvalue weighted by Crippen LogP contribution is 2.23. The lowest BCUT2D eigenvalue weighted by Gasteiger charge is -2.29. The highest BCUT2D eigenvalue weighted by Gasteiger charge is 2.20. The number of rotatable bonds is 3. The maximum absolute atomic E-state index is 9.25. The second kappa shape index (κ2) is 5.13. The molecule has 1 rings (SSSR count). The van der Waals surface area contributed by atoms with Gasteiger partial charge >= 0.3 is 0 Å². The zero-order valence-corrected chi connectivity index (χ0v) is 11.4. The van der Waals surface area contributed by atoms with Gasteiger partial charge in [-0.3, -0.25) is 0 Å². The summed E-state index contributed by atoms with van der Waals surface area (Å²) in [6.45, 7) is 10.2. The fourth-order valence-electron chi connectivity index (χ4n) is 1.62. The lowest BCUT2D eigenvalue weighted by molar-refractivity contribution is 0.501. The monoisotopic (exact) mass is 232 g/mol. The van der Waals surface area contributed by atoms with E-state index in [1.54, 1.807) is 0 Å². The fourth-order valence-corrected chi connectivity index (χ4v) is 1.62. The minimum atomic E-state index is 0.318.